The van der Waals surface area contributed by atoms with Crippen LogP contribution in [0.1, 0.15) is 0 Å². The number of anilines is 2. The molecule has 1 amide bonds. The number of para-hydroxylation sites is 1. The molecule has 3 aromatic rings. The van der Waals surface area contributed by atoms with Gasteiger partial charge in [0.1, 0.15) is 5.75 Å². The van der Waals surface area contributed by atoms with Gasteiger partial charge in [0, 0.05) is 16.6 Å². The quantitative estimate of drug-likeness (QED) is 0.766. The molecule has 0 bridgehead atoms. The minimum atomic E-state index is -0.531. The number of carbonyl (C=O) groups excluding carboxylic acids is 1. The number of nitrogens with two attached hydrogens (primary N) is 1. The summed E-state index contributed by atoms with van der Waals surface area (Å²) in [6.07, 6.45) is -0.531. The lowest BCUT2D eigenvalue weighted by Gasteiger charge is -2.07. The van der Waals surface area contributed by atoms with Crippen molar-refractivity contribution in [2.45, 2.75) is 0 Å². The number of amides is 1. The zero-order valence-corrected chi connectivity index (χ0v) is 12.3. The van der Waals surface area contributed by atoms with Crippen LogP contribution in [0.3, 0.4) is 0 Å². The Bertz CT molecular complexity index is 770. The van der Waals surface area contributed by atoms with Gasteiger partial charge in [-0.1, -0.05) is 30.3 Å². The van der Waals surface area contributed by atoms with E-state index in [1.54, 1.807) is 36.4 Å². The third-order valence-corrected chi connectivity index (χ3v) is 3.58. The topological polar surface area (TPSA) is 77.2 Å². The Morgan fingerprint density at radius 2 is 1.82 bits per heavy atom. The largest absolute Gasteiger partial charge is 0.417 e. The first kappa shape index (κ1) is 14.1. The van der Waals surface area contributed by atoms with E-state index in [9.17, 15) is 4.79 Å². The van der Waals surface area contributed by atoms with Crippen LogP contribution in [0.25, 0.3) is 11.3 Å². The molecular formula is C16H13N3O2S. The molecule has 5 nitrogen and oxygen atoms in total. The first-order valence-corrected chi connectivity index (χ1v) is 7.44. The smallest absolute Gasteiger partial charge is 0.410 e. The second kappa shape index (κ2) is 6.28. The van der Waals surface area contributed by atoms with Gasteiger partial charge in [0.25, 0.3) is 0 Å². The van der Waals surface area contributed by atoms with Crippen molar-refractivity contribution in [1.82, 2.24) is 4.98 Å². The summed E-state index contributed by atoms with van der Waals surface area (Å²) in [5.41, 5.74) is 8.03. The lowest BCUT2D eigenvalue weighted by atomic mass is 10.1. The third kappa shape index (κ3) is 3.42. The number of nitrogen functional groups attached to an aromatic ring is 1. The Morgan fingerprint density at radius 1 is 1.09 bits per heavy atom. The van der Waals surface area contributed by atoms with E-state index in [1.165, 1.54) is 11.3 Å². The second-order valence-electron chi connectivity index (χ2n) is 4.48. The van der Waals surface area contributed by atoms with Crippen molar-refractivity contribution in [3.8, 4) is 17.0 Å². The highest BCUT2D eigenvalue weighted by Gasteiger charge is 2.06. The molecule has 0 fully saturated rings. The number of hydrogen-bond donors (Lipinski definition) is 2. The van der Waals surface area contributed by atoms with Crippen LogP contribution < -0.4 is 15.8 Å². The number of nitrogens with zero attached hydrogens (tertiary/aromatic N) is 1. The predicted molar refractivity (Wildman–Crippen MR) is 88.1 cm³/mol. The lowest BCUT2D eigenvalue weighted by molar-refractivity contribution is 0.215. The zero-order valence-electron chi connectivity index (χ0n) is 11.5. The SMILES string of the molecule is Nc1nc(-c2ccc(NC(=O)Oc3ccccc3)cc2)cs1. The molecule has 0 saturated heterocycles. The predicted octanol–water partition coefficient (Wildman–Crippen LogP) is 4.00. The summed E-state index contributed by atoms with van der Waals surface area (Å²) in [6, 6.07) is 16.2. The molecule has 6 heteroatoms. The molecule has 3 N–H and O–H groups in total. The number of ether oxygens (including phenoxy) is 1. The third-order valence-electron chi connectivity index (χ3n) is 2.90. The summed E-state index contributed by atoms with van der Waals surface area (Å²) in [5.74, 6) is 0.495. The van der Waals surface area contributed by atoms with Crippen molar-refractivity contribution in [3.05, 3.63) is 60.0 Å². The average Bonchev–Trinajstić information content (AvgIpc) is 2.95. The summed E-state index contributed by atoms with van der Waals surface area (Å²) in [5, 5.41) is 5.09. The van der Waals surface area contributed by atoms with Crippen LogP contribution in [0, 0.1) is 0 Å². The molecule has 0 aliphatic heterocycles. The summed E-state index contributed by atoms with van der Waals surface area (Å²) in [7, 11) is 0. The van der Waals surface area contributed by atoms with Crippen LogP contribution in [0.15, 0.2) is 60.0 Å². The highest BCUT2D eigenvalue weighted by Crippen LogP contribution is 2.24. The van der Waals surface area contributed by atoms with E-state index >= 15 is 0 Å². The van der Waals surface area contributed by atoms with Crippen LogP contribution in [-0.4, -0.2) is 11.1 Å². The number of benzene rings is 2. The first-order valence-electron chi connectivity index (χ1n) is 6.56. The van der Waals surface area contributed by atoms with Crippen LogP contribution in [0.2, 0.25) is 0 Å². The summed E-state index contributed by atoms with van der Waals surface area (Å²) in [4.78, 5) is 16.0. The fourth-order valence-corrected chi connectivity index (χ4v) is 2.46. The van der Waals surface area contributed by atoms with Crippen molar-refractivity contribution in [3.63, 3.8) is 0 Å². The molecule has 1 aromatic heterocycles. The van der Waals surface area contributed by atoms with Crippen molar-refractivity contribution >= 4 is 28.2 Å². The van der Waals surface area contributed by atoms with E-state index < -0.39 is 6.09 Å². The highest BCUT2D eigenvalue weighted by atomic mass is 32.1. The van der Waals surface area contributed by atoms with Crippen molar-refractivity contribution in [2.75, 3.05) is 11.1 Å². The molecule has 1 heterocycles. The maximum atomic E-state index is 11.8. The molecule has 22 heavy (non-hydrogen) atoms. The standard InChI is InChI=1S/C16H13N3O2S/c17-15-19-14(10-22-15)11-6-8-12(9-7-11)18-16(20)21-13-4-2-1-3-5-13/h1-10H,(H2,17,19)(H,18,20). The fourth-order valence-electron chi connectivity index (χ4n) is 1.88. The van der Waals surface area contributed by atoms with Crippen molar-refractivity contribution < 1.29 is 9.53 Å². The number of nitrogens with one attached hydrogen (secondary N) is 1. The highest BCUT2D eigenvalue weighted by molar-refractivity contribution is 7.13. The minimum Gasteiger partial charge on any atom is -0.410 e. The molecular weight excluding hydrogens is 298 g/mol. The van der Waals surface area contributed by atoms with E-state index in [0.717, 1.165) is 11.3 Å². The second-order valence-corrected chi connectivity index (χ2v) is 5.37. The molecule has 0 aliphatic carbocycles. The average molecular weight is 311 g/mol. The molecule has 0 unspecified atom stereocenters. The molecule has 0 radical (unpaired) electrons. The van der Waals surface area contributed by atoms with E-state index in [2.05, 4.69) is 10.3 Å². The van der Waals surface area contributed by atoms with Gasteiger partial charge < -0.3 is 10.5 Å². The van der Waals surface area contributed by atoms with Crippen LogP contribution in [0.5, 0.6) is 5.75 Å². The Hall–Kier alpha value is -2.86. The van der Waals surface area contributed by atoms with Gasteiger partial charge in [-0.05, 0) is 24.3 Å². The molecule has 0 atom stereocenters. The maximum absolute atomic E-state index is 11.8. The molecule has 0 saturated carbocycles. The van der Waals surface area contributed by atoms with Gasteiger partial charge in [-0.2, -0.15) is 0 Å². The summed E-state index contributed by atoms with van der Waals surface area (Å²) >= 11 is 1.39. The molecule has 2 aromatic carbocycles. The van der Waals surface area contributed by atoms with Gasteiger partial charge in [-0.15, -0.1) is 11.3 Å². The van der Waals surface area contributed by atoms with Crippen molar-refractivity contribution in [1.29, 1.82) is 0 Å². The van der Waals surface area contributed by atoms with Gasteiger partial charge in [0.15, 0.2) is 5.13 Å². The van der Waals surface area contributed by atoms with Gasteiger partial charge in [-0.3, -0.25) is 5.32 Å². The Kier molecular flexibility index (Phi) is 4.02. The van der Waals surface area contributed by atoms with E-state index in [-0.39, 0.29) is 0 Å². The van der Waals surface area contributed by atoms with Crippen LogP contribution in [-0.2, 0) is 0 Å². The Balaban J connectivity index is 1.65. The Morgan fingerprint density at radius 3 is 2.45 bits per heavy atom. The monoisotopic (exact) mass is 311 g/mol. The Labute approximate surface area is 131 Å². The van der Waals surface area contributed by atoms with Crippen LogP contribution >= 0.6 is 11.3 Å². The molecule has 3 rings (SSSR count). The van der Waals surface area contributed by atoms with Gasteiger partial charge in [-0.25, -0.2) is 9.78 Å². The fraction of sp³-hybridized carbons (Fsp3) is 0. The molecule has 0 aliphatic rings. The molecule has 0 spiro atoms. The zero-order chi connectivity index (χ0) is 15.4. The summed E-state index contributed by atoms with van der Waals surface area (Å²) < 4.78 is 5.16. The minimum absolute atomic E-state index is 0.495. The van der Waals surface area contributed by atoms with Crippen LogP contribution in [0.4, 0.5) is 15.6 Å². The lowest BCUT2D eigenvalue weighted by Crippen LogP contribution is -2.16. The number of thiazole rings is 1. The number of carbonyl (C=O) groups is 1. The first-order chi connectivity index (χ1) is 10.7. The maximum Gasteiger partial charge on any atom is 0.417 e. The van der Waals surface area contributed by atoms with E-state index in [4.69, 9.17) is 10.5 Å². The number of rotatable bonds is 3. The normalized spacial score (nSPS) is 10.2. The molecule has 110 valence electrons. The van der Waals surface area contributed by atoms with E-state index in [0.29, 0.717) is 16.6 Å². The van der Waals surface area contributed by atoms with Crippen molar-refractivity contribution in [2.24, 2.45) is 0 Å². The van der Waals surface area contributed by atoms with Gasteiger partial charge in [0.2, 0.25) is 0 Å². The number of aromatic nitrogens is 1. The van der Waals surface area contributed by atoms with Gasteiger partial charge in [0.05, 0.1) is 5.69 Å². The van der Waals surface area contributed by atoms with Gasteiger partial charge >= 0.3 is 6.09 Å². The number of hydrogen-bond acceptors (Lipinski definition) is 5. The summed E-state index contributed by atoms with van der Waals surface area (Å²) in [6.45, 7) is 0. The van der Waals surface area contributed by atoms with E-state index in [1.807, 2.05) is 23.6 Å².